The summed E-state index contributed by atoms with van der Waals surface area (Å²) in [5, 5.41) is 2.51. The lowest BCUT2D eigenvalue weighted by molar-refractivity contribution is 0.415. The normalized spacial score (nSPS) is 11.2. The van der Waals surface area contributed by atoms with Crippen molar-refractivity contribution in [1.29, 1.82) is 0 Å². The summed E-state index contributed by atoms with van der Waals surface area (Å²) in [6.45, 7) is 0. The molecule has 1 heterocycles. The smallest absolute Gasteiger partial charge is 0.119 e. The van der Waals surface area contributed by atoms with Crippen LogP contribution in [0.25, 0.3) is 27.5 Å². The van der Waals surface area contributed by atoms with Gasteiger partial charge in [-0.3, -0.25) is 0 Å². The van der Waals surface area contributed by atoms with Gasteiger partial charge in [0.25, 0.3) is 0 Å². The molecule has 4 aromatic rings. The number of fused-ring (bicyclic) bond motifs is 3. The predicted octanol–water partition coefficient (Wildman–Crippen LogP) is 5.55. The highest BCUT2D eigenvalue weighted by molar-refractivity contribution is 9.10. The van der Waals surface area contributed by atoms with E-state index >= 15 is 0 Å². The molecular formula is C19H14BrNO. The van der Waals surface area contributed by atoms with Crippen LogP contribution in [0.5, 0.6) is 5.75 Å². The molecule has 0 spiro atoms. The average molecular weight is 352 g/mol. The SMILES string of the molecule is COc1ccc(-n2c3ccccc3c3cccc(Br)c32)cc1. The van der Waals surface area contributed by atoms with E-state index < -0.39 is 0 Å². The molecule has 0 N–H and O–H groups in total. The number of aromatic nitrogens is 1. The lowest BCUT2D eigenvalue weighted by Crippen LogP contribution is -1.94. The molecule has 0 unspecified atom stereocenters. The molecule has 0 fully saturated rings. The molecule has 0 saturated carbocycles. The van der Waals surface area contributed by atoms with Crippen LogP contribution in [0.4, 0.5) is 0 Å². The van der Waals surface area contributed by atoms with Crippen LogP contribution in [-0.2, 0) is 0 Å². The molecule has 3 aromatic carbocycles. The first-order valence-electron chi connectivity index (χ1n) is 7.11. The lowest BCUT2D eigenvalue weighted by atomic mass is 10.2. The van der Waals surface area contributed by atoms with Crippen molar-refractivity contribution in [2.75, 3.05) is 7.11 Å². The monoisotopic (exact) mass is 351 g/mol. The van der Waals surface area contributed by atoms with Crippen molar-refractivity contribution in [3.63, 3.8) is 0 Å². The zero-order chi connectivity index (χ0) is 15.1. The summed E-state index contributed by atoms with van der Waals surface area (Å²) < 4.78 is 8.65. The van der Waals surface area contributed by atoms with E-state index in [1.807, 2.05) is 12.1 Å². The fourth-order valence-corrected chi connectivity index (χ4v) is 3.52. The average Bonchev–Trinajstić information content (AvgIpc) is 2.91. The molecule has 3 heteroatoms. The van der Waals surface area contributed by atoms with Gasteiger partial charge in [-0.25, -0.2) is 0 Å². The maximum Gasteiger partial charge on any atom is 0.119 e. The Labute approximate surface area is 137 Å². The van der Waals surface area contributed by atoms with Crippen LogP contribution < -0.4 is 4.74 Å². The summed E-state index contributed by atoms with van der Waals surface area (Å²) >= 11 is 3.71. The van der Waals surface area contributed by atoms with Gasteiger partial charge in [0.2, 0.25) is 0 Å². The highest BCUT2D eigenvalue weighted by Gasteiger charge is 2.13. The zero-order valence-corrected chi connectivity index (χ0v) is 13.7. The molecule has 0 aliphatic rings. The molecule has 0 atom stereocenters. The van der Waals surface area contributed by atoms with E-state index in [9.17, 15) is 0 Å². The number of hydrogen-bond donors (Lipinski definition) is 0. The third kappa shape index (κ3) is 1.93. The highest BCUT2D eigenvalue weighted by Crippen LogP contribution is 2.36. The minimum atomic E-state index is 0.864. The van der Waals surface area contributed by atoms with Gasteiger partial charge in [-0.2, -0.15) is 0 Å². The quantitative estimate of drug-likeness (QED) is 0.461. The van der Waals surface area contributed by atoms with Crippen molar-refractivity contribution in [2.45, 2.75) is 0 Å². The number of halogens is 1. The Morgan fingerprint density at radius 2 is 1.55 bits per heavy atom. The van der Waals surface area contributed by atoms with E-state index in [1.54, 1.807) is 7.11 Å². The Kier molecular flexibility index (Phi) is 3.16. The third-order valence-electron chi connectivity index (χ3n) is 3.98. The largest absolute Gasteiger partial charge is 0.497 e. The number of rotatable bonds is 2. The Hall–Kier alpha value is -2.26. The third-order valence-corrected chi connectivity index (χ3v) is 4.62. The number of hydrogen-bond acceptors (Lipinski definition) is 1. The molecule has 0 aliphatic carbocycles. The number of para-hydroxylation sites is 2. The first-order valence-corrected chi connectivity index (χ1v) is 7.91. The second-order valence-corrected chi connectivity index (χ2v) is 6.04. The first kappa shape index (κ1) is 13.4. The van der Waals surface area contributed by atoms with Crippen molar-refractivity contribution < 1.29 is 4.74 Å². The Balaban J connectivity index is 2.13. The molecule has 108 valence electrons. The fraction of sp³-hybridized carbons (Fsp3) is 0.0526. The maximum absolute atomic E-state index is 5.27. The number of ether oxygens (including phenoxy) is 1. The molecule has 0 amide bonds. The van der Waals surface area contributed by atoms with Crippen molar-refractivity contribution in [3.8, 4) is 11.4 Å². The molecule has 4 rings (SSSR count). The number of nitrogens with zero attached hydrogens (tertiary/aromatic N) is 1. The summed E-state index contributed by atoms with van der Waals surface area (Å²) in [6, 6.07) is 23.0. The maximum atomic E-state index is 5.27. The summed E-state index contributed by atoms with van der Waals surface area (Å²) in [6.07, 6.45) is 0. The molecule has 0 bridgehead atoms. The van der Waals surface area contributed by atoms with Gasteiger partial charge < -0.3 is 9.30 Å². The fourth-order valence-electron chi connectivity index (χ4n) is 2.98. The Bertz CT molecular complexity index is 970. The van der Waals surface area contributed by atoms with E-state index in [2.05, 4.69) is 75.1 Å². The Morgan fingerprint density at radius 3 is 2.32 bits per heavy atom. The molecule has 0 aliphatic heterocycles. The first-order chi connectivity index (χ1) is 10.8. The summed E-state index contributed by atoms with van der Waals surface area (Å²) in [4.78, 5) is 0. The second-order valence-electron chi connectivity index (χ2n) is 5.19. The van der Waals surface area contributed by atoms with E-state index in [4.69, 9.17) is 4.74 Å². The van der Waals surface area contributed by atoms with Gasteiger partial charge in [-0.15, -0.1) is 0 Å². The van der Waals surface area contributed by atoms with Crippen LogP contribution in [0.1, 0.15) is 0 Å². The molecule has 0 radical (unpaired) electrons. The van der Waals surface area contributed by atoms with Gasteiger partial charge in [-0.1, -0.05) is 30.3 Å². The second kappa shape index (κ2) is 5.18. The van der Waals surface area contributed by atoms with Crippen LogP contribution >= 0.6 is 15.9 Å². The van der Waals surface area contributed by atoms with E-state index in [0.29, 0.717) is 0 Å². The van der Waals surface area contributed by atoms with Crippen LogP contribution in [0.3, 0.4) is 0 Å². The highest BCUT2D eigenvalue weighted by atomic mass is 79.9. The van der Waals surface area contributed by atoms with Gasteiger partial charge in [0.05, 0.1) is 18.1 Å². The van der Waals surface area contributed by atoms with Gasteiger partial charge in [-0.05, 0) is 52.3 Å². The van der Waals surface area contributed by atoms with Gasteiger partial charge >= 0.3 is 0 Å². The summed E-state index contributed by atoms with van der Waals surface area (Å²) in [5.41, 5.74) is 3.52. The van der Waals surface area contributed by atoms with Crippen molar-refractivity contribution in [1.82, 2.24) is 4.57 Å². The zero-order valence-electron chi connectivity index (χ0n) is 12.1. The van der Waals surface area contributed by atoms with Gasteiger partial charge in [0, 0.05) is 20.9 Å². The van der Waals surface area contributed by atoms with Gasteiger partial charge in [0.15, 0.2) is 0 Å². The lowest BCUT2D eigenvalue weighted by Gasteiger charge is -2.09. The molecule has 1 aromatic heterocycles. The summed E-state index contributed by atoms with van der Waals surface area (Å²) in [5.74, 6) is 0.864. The minimum Gasteiger partial charge on any atom is -0.497 e. The summed E-state index contributed by atoms with van der Waals surface area (Å²) in [7, 11) is 1.69. The molecular weight excluding hydrogens is 338 g/mol. The Morgan fingerprint density at radius 1 is 0.818 bits per heavy atom. The van der Waals surface area contributed by atoms with E-state index in [1.165, 1.54) is 21.8 Å². The minimum absolute atomic E-state index is 0.864. The number of benzene rings is 3. The van der Waals surface area contributed by atoms with Crippen LogP contribution in [-0.4, -0.2) is 11.7 Å². The van der Waals surface area contributed by atoms with Crippen LogP contribution in [0.15, 0.2) is 71.2 Å². The molecule has 0 saturated heterocycles. The standard InChI is InChI=1S/C19H14BrNO/c1-22-14-11-9-13(10-12-14)21-18-8-3-2-5-15(18)16-6-4-7-17(20)19(16)21/h2-12H,1H3. The van der Waals surface area contributed by atoms with Crippen molar-refractivity contribution in [2.24, 2.45) is 0 Å². The van der Waals surface area contributed by atoms with Crippen molar-refractivity contribution >= 4 is 37.7 Å². The van der Waals surface area contributed by atoms with Crippen LogP contribution in [0, 0.1) is 0 Å². The van der Waals surface area contributed by atoms with Gasteiger partial charge in [0.1, 0.15) is 5.75 Å². The number of methoxy groups -OCH3 is 1. The van der Waals surface area contributed by atoms with Crippen LogP contribution in [0.2, 0.25) is 0 Å². The molecule has 2 nitrogen and oxygen atoms in total. The van der Waals surface area contributed by atoms with E-state index in [-0.39, 0.29) is 0 Å². The van der Waals surface area contributed by atoms with E-state index in [0.717, 1.165) is 15.9 Å². The molecule has 22 heavy (non-hydrogen) atoms. The van der Waals surface area contributed by atoms with Crippen molar-refractivity contribution in [3.05, 3.63) is 71.2 Å². The topological polar surface area (TPSA) is 14.2 Å². The predicted molar refractivity (Wildman–Crippen MR) is 95.0 cm³/mol.